The molecule has 0 bridgehead atoms. The molecule has 2 aromatic carbocycles. The highest BCUT2D eigenvalue weighted by Gasteiger charge is 2.04. The molecule has 0 radical (unpaired) electrons. The van der Waals surface area contributed by atoms with Gasteiger partial charge in [-0.1, -0.05) is 56.2 Å². The fraction of sp³-hybridized carbons (Fsp3) is 0.263. The minimum atomic E-state index is -0.492. The molecule has 0 unspecified atom stereocenters. The molecule has 0 spiro atoms. The molecule has 4 heteroatoms. The third-order valence-electron chi connectivity index (χ3n) is 3.41. The number of anilines is 1. The van der Waals surface area contributed by atoms with Crippen LogP contribution in [0.2, 0.25) is 0 Å². The number of ether oxygens (including phenoxy) is 1. The largest absolute Gasteiger partial charge is 0.463 e. The van der Waals surface area contributed by atoms with Gasteiger partial charge in [-0.3, -0.25) is 4.79 Å². The number of carbonyl (C=O) groups is 2. The number of hydrogen-bond acceptors (Lipinski definition) is 3. The number of hydrogen-bond donors (Lipinski definition) is 1. The van der Waals surface area contributed by atoms with Crippen LogP contribution in [0.25, 0.3) is 10.8 Å². The Morgan fingerprint density at radius 2 is 1.83 bits per heavy atom. The van der Waals surface area contributed by atoms with Crippen molar-refractivity contribution in [2.75, 3.05) is 11.9 Å². The van der Waals surface area contributed by atoms with Crippen LogP contribution in [0.3, 0.4) is 0 Å². The maximum atomic E-state index is 11.9. The van der Waals surface area contributed by atoms with Crippen LogP contribution in [-0.2, 0) is 14.3 Å². The molecule has 23 heavy (non-hydrogen) atoms. The number of rotatable bonds is 7. The van der Waals surface area contributed by atoms with Crippen molar-refractivity contribution in [3.8, 4) is 0 Å². The first-order valence-electron chi connectivity index (χ1n) is 7.84. The van der Waals surface area contributed by atoms with Gasteiger partial charge in [-0.25, -0.2) is 4.79 Å². The second-order valence-corrected chi connectivity index (χ2v) is 5.22. The van der Waals surface area contributed by atoms with Crippen molar-refractivity contribution in [3.63, 3.8) is 0 Å². The molecule has 0 saturated heterocycles. The van der Waals surface area contributed by atoms with Crippen LogP contribution in [0.5, 0.6) is 0 Å². The lowest BCUT2D eigenvalue weighted by Crippen LogP contribution is -2.10. The van der Waals surface area contributed by atoms with E-state index in [2.05, 4.69) is 12.2 Å². The van der Waals surface area contributed by atoms with Gasteiger partial charge >= 0.3 is 5.97 Å². The normalized spacial score (nSPS) is 10.8. The third-order valence-corrected chi connectivity index (χ3v) is 3.41. The number of carbonyl (C=O) groups excluding carboxylic acids is 2. The number of benzene rings is 2. The highest BCUT2D eigenvalue weighted by atomic mass is 16.5. The Morgan fingerprint density at radius 3 is 2.65 bits per heavy atom. The summed E-state index contributed by atoms with van der Waals surface area (Å²) in [6.07, 6.45) is 5.30. The molecule has 0 fully saturated rings. The zero-order valence-electron chi connectivity index (χ0n) is 13.2. The zero-order chi connectivity index (χ0) is 16.5. The van der Waals surface area contributed by atoms with Crippen LogP contribution in [-0.4, -0.2) is 18.5 Å². The molecule has 0 heterocycles. The lowest BCUT2D eigenvalue weighted by atomic mass is 10.1. The van der Waals surface area contributed by atoms with Crippen LogP contribution in [0, 0.1) is 0 Å². The first-order chi connectivity index (χ1) is 11.2. The lowest BCUT2D eigenvalue weighted by molar-refractivity contribution is -0.138. The summed E-state index contributed by atoms with van der Waals surface area (Å²) in [7, 11) is 0. The average molecular weight is 311 g/mol. The zero-order valence-corrected chi connectivity index (χ0v) is 13.2. The van der Waals surface area contributed by atoms with Gasteiger partial charge in [0.1, 0.15) is 0 Å². The van der Waals surface area contributed by atoms with Gasteiger partial charge in [0.25, 0.3) is 0 Å². The van der Waals surface area contributed by atoms with E-state index in [9.17, 15) is 9.59 Å². The summed E-state index contributed by atoms with van der Waals surface area (Å²) in [5, 5.41) is 4.79. The van der Waals surface area contributed by atoms with Crippen molar-refractivity contribution >= 4 is 28.3 Å². The fourth-order valence-corrected chi connectivity index (χ4v) is 2.23. The summed E-state index contributed by atoms with van der Waals surface area (Å²) < 4.78 is 5.01. The number of esters is 1. The van der Waals surface area contributed by atoms with Crippen molar-refractivity contribution in [2.45, 2.75) is 26.2 Å². The summed E-state index contributed by atoms with van der Waals surface area (Å²) >= 11 is 0. The first kappa shape index (κ1) is 16.7. The number of unbranched alkanes of at least 4 members (excludes halogenated alkanes) is 2. The Balaban J connectivity index is 1.91. The van der Waals surface area contributed by atoms with Crippen molar-refractivity contribution in [3.05, 3.63) is 54.6 Å². The van der Waals surface area contributed by atoms with Crippen molar-refractivity contribution in [2.24, 2.45) is 0 Å². The Bertz CT molecular complexity index is 701. The topological polar surface area (TPSA) is 55.4 Å². The summed E-state index contributed by atoms with van der Waals surface area (Å²) in [6.45, 7) is 2.47. The summed E-state index contributed by atoms with van der Waals surface area (Å²) in [4.78, 5) is 23.4. The number of nitrogens with one attached hydrogen (secondary N) is 1. The fourth-order valence-electron chi connectivity index (χ4n) is 2.23. The minimum Gasteiger partial charge on any atom is -0.463 e. The Kier molecular flexibility index (Phi) is 6.36. The molecule has 0 aliphatic heterocycles. The predicted molar refractivity (Wildman–Crippen MR) is 92.2 cm³/mol. The van der Waals surface area contributed by atoms with Gasteiger partial charge in [-0.05, 0) is 17.9 Å². The Hall–Kier alpha value is -2.62. The predicted octanol–water partition coefficient (Wildman–Crippen LogP) is 4.07. The van der Waals surface area contributed by atoms with Gasteiger partial charge < -0.3 is 10.1 Å². The standard InChI is InChI=1S/C19H21NO3/c1-2-3-6-14-23-19(22)13-12-18(21)20-17-11-7-9-15-8-4-5-10-16(15)17/h4-5,7-13H,2-3,6,14H2,1H3,(H,20,21)/b13-12+. The number of fused-ring (bicyclic) bond motifs is 1. The van der Waals surface area contributed by atoms with E-state index in [1.807, 2.05) is 42.5 Å². The molecular weight excluding hydrogens is 290 g/mol. The average Bonchev–Trinajstić information content (AvgIpc) is 2.57. The van der Waals surface area contributed by atoms with E-state index in [1.165, 1.54) is 6.08 Å². The van der Waals surface area contributed by atoms with Crippen molar-refractivity contribution in [1.82, 2.24) is 0 Å². The molecular formula is C19H21NO3. The highest BCUT2D eigenvalue weighted by Crippen LogP contribution is 2.22. The van der Waals surface area contributed by atoms with Gasteiger partial charge in [-0.15, -0.1) is 0 Å². The molecule has 0 aliphatic carbocycles. The van der Waals surface area contributed by atoms with Crippen molar-refractivity contribution < 1.29 is 14.3 Å². The molecule has 0 atom stereocenters. The quantitative estimate of drug-likeness (QED) is 0.476. The van der Waals surface area contributed by atoms with E-state index >= 15 is 0 Å². The summed E-state index contributed by atoms with van der Waals surface area (Å²) in [5.74, 6) is -0.846. The van der Waals surface area contributed by atoms with Crippen molar-refractivity contribution in [1.29, 1.82) is 0 Å². The molecule has 2 rings (SSSR count). The SMILES string of the molecule is CCCCCOC(=O)/C=C/C(=O)Nc1cccc2ccccc12. The van der Waals surface area contributed by atoms with Gasteiger partial charge in [0.05, 0.1) is 6.61 Å². The van der Waals surface area contributed by atoms with Crippen LogP contribution >= 0.6 is 0 Å². The molecule has 0 saturated carbocycles. The minimum absolute atomic E-state index is 0.355. The van der Waals surface area contributed by atoms with Crippen LogP contribution in [0.1, 0.15) is 26.2 Å². The van der Waals surface area contributed by atoms with Crippen LogP contribution < -0.4 is 5.32 Å². The smallest absolute Gasteiger partial charge is 0.330 e. The Morgan fingerprint density at radius 1 is 1.04 bits per heavy atom. The highest BCUT2D eigenvalue weighted by molar-refractivity contribution is 6.07. The van der Waals surface area contributed by atoms with Crippen LogP contribution in [0.4, 0.5) is 5.69 Å². The molecule has 1 amide bonds. The van der Waals surface area contributed by atoms with Crippen LogP contribution in [0.15, 0.2) is 54.6 Å². The molecule has 0 aromatic heterocycles. The third kappa shape index (κ3) is 5.25. The second kappa shape index (κ2) is 8.73. The summed E-state index contributed by atoms with van der Waals surface area (Å²) in [5.41, 5.74) is 0.717. The molecule has 4 nitrogen and oxygen atoms in total. The van der Waals surface area contributed by atoms with E-state index in [4.69, 9.17) is 4.74 Å². The summed E-state index contributed by atoms with van der Waals surface area (Å²) in [6, 6.07) is 13.5. The van der Waals surface area contributed by atoms with E-state index in [1.54, 1.807) is 0 Å². The monoisotopic (exact) mass is 311 g/mol. The van der Waals surface area contributed by atoms with Gasteiger partial charge in [0.2, 0.25) is 5.91 Å². The Labute approximate surface area is 136 Å². The lowest BCUT2D eigenvalue weighted by Gasteiger charge is -2.06. The van der Waals surface area contributed by atoms with E-state index in [0.29, 0.717) is 12.3 Å². The van der Waals surface area contributed by atoms with E-state index in [0.717, 1.165) is 36.1 Å². The van der Waals surface area contributed by atoms with Gasteiger partial charge in [0.15, 0.2) is 0 Å². The van der Waals surface area contributed by atoms with E-state index in [-0.39, 0.29) is 5.91 Å². The first-order valence-corrected chi connectivity index (χ1v) is 7.84. The maximum Gasteiger partial charge on any atom is 0.330 e. The van der Waals surface area contributed by atoms with E-state index < -0.39 is 5.97 Å². The maximum absolute atomic E-state index is 11.9. The molecule has 2 aromatic rings. The molecule has 1 N–H and O–H groups in total. The van der Waals surface area contributed by atoms with Gasteiger partial charge in [-0.2, -0.15) is 0 Å². The molecule has 0 aliphatic rings. The number of amides is 1. The molecule has 120 valence electrons. The second-order valence-electron chi connectivity index (χ2n) is 5.22. The van der Waals surface area contributed by atoms with Gasteiger partial charge in [0, 0.05) is 23.2 Å².